The lowest BCUT2D eigenvalue weighted by atomic mass is 9.86. The Labute approximate surface area is 203 Å². The van der Waals surface area contributed by atoms with Gasteiger partial charge in [0.2, 0.25) is 0 Å². The van der Waals surface area contributed by atoms with E-state index in [0.29, 0.717) is 4.91 Å². The second kappa shape index (κ2) is 9.09. The van der Waals surface area contributed by atoms with Gasteiger partial charge in [0, 0.05) is 29.9 Å². The van der Waals surface area contributed by atoms with E-state index in [2.05, 4.69) is 45.5 Å². The van der Waals surface area contributed by atoms with E-state index in [0.717, 1.165) is 61.4 Å². The highest BCUT2D eigenvalue weighted by atomic mass is 32.2. The maximum Gasteiger partial charge on any atom is 0.326 e. The first-order valence-electron chi connectivity index (χ1n) is 12.1. The highest BCUT2D eigenvalue weighted by Gasteiger charge is 2.51. The number of hydrogen-bond acceptors (Lipinski definition) is 5. The van der Waals surface area contributed by atoms with Crippen molar-refractivity contribution in [3.63, 3.8) is 0 Å². The van der Waals surface area contributed by atoms with E-state index in [9.17, 15) is 9.59 Å². The summed E-state index contributed by atoms with van der Waals surface area (Å²) in [6.07, 6.45) is 2.89. The number of piperidine rings is 2. The molecule has 2 aromatic carbocycles. The van der Waals surface area contributed by atoms with E-state index in [1.165, 1.54) is 0 Å². The number of amides is 3. The Morgan fingerprint density at radius 1 is 1.03 bits per heavy atom. The van der Waals surface area contributed by atoms with E-state index in [-0.39, 0.29) is 35.3 Å². The summed E-state index contributed by atoms with van der Waals surface area (Å²) >= 11 is 1.56. The van der Waals surface area contributed by atoms with Crippen LogP contribution in [0.25, 0.3) is 11.1 Å². The van der Waals surface area contributed by atoms with Gasteiger partial charge < -0.3 is 21.3 Å². The maximum atomic E-state index is 13.5. The molecule has 0 saturated carbocycles. The summed E-state index contributed by atoms with van der Waals surface area (Å²) in [5.74, 6) is -0.00876. The smallest absolute Gasteiger partial charge is 0.326 e. The van der Waals surface area contributed by atoms with E-state index < -0.39 is 0 Å². The lowest BCUT2D eigenvalue weighted by Crippen LogP contribution is -2.62. The van der Waals surface area contributed by atoms with Crippen LogP contribution in [0.4, 0.5) is 10.5 Å². The minimum atomic E-state index is -0.158. The van der Waals surface area contributed by atoms with Crippen LogP contribution >= 0.6 is 11.8 Å². The molecule has 2 aromatic rings. The van der Waals surface area contributed by atoms with Crippen molar-refractivity contribution in [1.29, 1.82) is 0 Å². The Balaban J connectivity index is 1.30. The van der Waals surface area contributed by atoms with Gasteiger partial charge in [-0.15, -0.1) is 0 Å². The molecule has 0 aliphatic carbocycles. The monoisotopic (exact) mass is 475 g/mol. The summed E-state index contributed by atoms with van der Waals surface area (Å²) < 4.78 is 0. The number of nitrogens with one attached hydrogen (secondary N) is 4. The summed E-state index contributed by atoms with van der Waals surface area (Å²) in [4.78, 5) is 29.2. The highest BCUT2D eigenvalue weighted by Crippen LogP contribution is 2.48. The lowest BCUT2D eigenvalue weighted by Gasteiger charge is -2.45. The van der Waals surface area contributed by atoms with Crippen molar-refractivity contribution in [1.82, 2.24) is 21.3 Å². The van der Waals surface area contributed by atoms with Gasteiger partial charge in [0.05, 0.1) is 16.3 Å². The van der Waals surface area contributed by atoms with Crippen molar-refractivity contribution in [2.75, 3.05) is 24.5 Å². The van der Waals surface area contributed by atoms with Crippen LogP contribution in [0.15, 0.2) is 65.2 Å². The first kappa shape index (κ1) is 21.7. The number of anilines is 1. The molecule has 4 heterocycles. The summed E-state index contributed by atoms with van der Waals surface area (Å²) in [6.45, 7) is 2.61. The Kier molecular flexibility index (Phi) is 5.80. The maximum absolute atomic E-state index is 13.5. The molecular formula is C26H29N5O2S. The van der Waals surface area contributed by atoms with Gasteiger partial charge in [-0.05, 0) is 55.6 Å². The predicted octanol–water partition coefficient (Wildman–Crippen LogP) is 3.01. The molecule has 3 fully saturated rings. The zero-order valence-electron chi connectivity index (χ0n) is 18.9. The van der Waals surface area contributed by atoms with Gasteiger partial charge in [0.25, 0.3) is 5.91 Å². The highest BCUT2D eigenvalue weighted by molar-refractivity contribution is 8.04. The molecule has 0 radical (unpaired) electrons. The average Bonchev–Trinajstić information content (AvgIpc) is 3.25. The molecule has 4 aliphatic heterocycles. The molecule has 0 bridgehead atoms. The van der Waals surface area contributed by atoms with Crippen LogP contribution in [0.5, 0.6) is 0 Å². The van der Waals surface area contributed by atoms with Crippen molar-refractivity contribution >= 4 is 29.4 Å². The summed E-state index contributed by atoms with van der Waals surface area (Å²) in [5, 5.41) is 13.3. The molecule has 8 heteroatoms. The Morgan fingerprint density at radius 2 is 1.88 bits per heavy atom. The number of carbonyl (C=O) groups is 2. The van der Waals surface area contributed by atoms with Gasteiger partial charge in [-0.1, -0.05) is 54.2 Å². The van der Waals surface area contributed by atoms with Crippen LogP contribution in [-0.2, 0) is 4.79 Å². The topological polar surface area (TPSA) is 85.5 Å². The average molecular weight is 476 g/mol. The number of thioether (sulfide) groups is 1. The largest absolute Gasteiger partial charge is 0.348 e. The zero-order valence-corrected chi connectivity index (χ0v) is 19.7. The standard InChI is InChI=1S/C26H29N5O2S/c32-24(29-18-9-5-12-27-15-18)23-22-21-20(11-13-28-25(21)34-23)31(26(33)30-22)19-10-4-8-17(14-19)16-6-2-1-3-7-16/h1-4,6-8,10,14,18,20-21,25,27-28H,5,9,11-13,15H2,(H,29,32)(H,30,33)/t18-,20?,21?,25?/m1/s1. The minimum absolute atomic E-state index is 0.00942. The summed E-state index contributed by atoms with van der Waals surface area (Å²) in [5.41, 5.74) is 3.88. The molecular weight excluding hydrogens is 446 g/mol. The van der Waals surface area contributed by atoms with Crippen LogP contribution in [0.2, 0.25) is 0 Å². The van der Waals surface area contributed by atoms with E-state index in [1.807, 2.05) is 35.2 Å². The number of hydrogen-bond donors (Lipinski definition) is 4. The fourth-order valence-electron chi connectivity index (χ4n) is 5.61. The second-order valence-corrected chi connectivity index (χ2v) is 10.5. The van der Waals surface area contributed by atoms with Crippen LogP contribution < -0.4 is 26.2 Å². The van der Waals surface area contributed by atoms with E-state index >= 15 is 0 Å². The second-order valence-electron chi connectivity index (χ2n) is 9.35. The molecule has 4 atom stereocenters. The van der Waals surface area contributed by atoms with Crippen LogP contribution in [0.1, 0.15) is 19.3 Å². The number of urea groups is 1. The molecule has 34 heavy (non-hydrogen) atoms. The fraction of sp³-hybridized carbons (Fsp3) is 0.385. The molecule has 7 nitrogen and oxygen atoms in total. The normalized spacial score (nSPS) is 28.4. The number of benzene rings is 2. The van der Waals surface area contributed by atoms with Crippen molar-refractivity contribution in [3.8, 4) is 11.1 Å². The zero-order chi connectivity index (χ0) is 23.1. The Morgan fingerprint density at radius 3 is 2.71 bits per heavy atom. The third kappa shape index (κ3) is 3.89. The molecule has 0 aromatic heterocycles. The molecule has 176 valence electrons. The van der Waals surface area contributed by atoms with Gasteiger partial charge >= 0.3 is 6.03 Å². The quantitative estimate of drug-likeness (QED) is 0.546. The predicted molar refractivity (Wildman–Crippen MR) is 135 cm³/mol. The van der Waals surface area contributed by atoms with Gasteiger partial charge in [-0.25, -0.2) is 4.79 Å². The Bertz CT molecular complexity index is 1130. The van der Waals surface area contributed by atoms with Crippen LogP contribution in [0, 0.1) is 5.92 Å². The molecule has 3 unspecified atom stereocenters. The van der Waals surface area contributed by atoms with E-state index in [1.54, 1.807) is 11.8 Å². The minimum Gasteiger partial charge on any atom is -0.348 e. The summed E-state index contributed by atoms with van der Waals surface area (Å²) in [7, 11) is 0. The first-order chi connectivity index (χ1) is 16.7. The molecule has 6 rings (SSSR count). The number of carbonyl (C=O) groups excluding carboxylic acids is 2. The number of nitrogens with zero attached hydrogens (tertiary/aromatic N) is 1. The molecule has 0 spiro atoms. The fourth-order valence-corrected chi connectivity index (χ4v) is 7.01. The Hall–Kier alpha value is -2.81. The lowest BCUT2D eigenvalue weighted by molar-refractivity contribution is -0.117. The number of rotatable bonds is 4. The molecule has 3 saturated heterocycles. The van der Waals surface area contributed by atoms with Crippen LogP contribution in [0.3, 0.4) is 0 Å². The van der Waals surface area contributed by atoms with E-state index in [4.69, 9.17) is 0 Å². The van der Waals surface area contributed by atoms with Gasteiger partial charge in [0.15, 0.2) is 0 Å². The third-order valence-electron chi connectivity index (χ3n) is 7.21. The SMILES string of the molecule is O=C(N[C@@H]1CCCNC1)C1=C2NC(=O)N(c3cccc(-c4ccccc4)c3)C3CCNC(S1)C23. The van der Waals surface area contributed by atoms with Crippen molar-refractivity contribution in [3.05, 3.63) is 65.2 Å². The van der Waals surface area contributed by atoms with Crippen LogP contribution in [-0.4, -0.2) is 49.0 Å². The molecule has 4 aliphatic rings. The third-order valence-corrected chi connectivity index (χ3v) is 8.57. The molecule has 4 N–H and O–H groups in total. The van der Waals surface area contributed by atoms with Crippen molar-refractivity contribution in [2.45, 2.75) is 36.7 Å². The summed E-state index contributed by atoms with van der Waals surface area (Å²) in [6, 6.07) is 18.4. The molecule has 3 amide bonds. The first-order valence-corrected chi connectivity index (χ1v) is 13.0. The van der Waals surface area contributed by atoms with Gasteiger partial charge in [-0.2, -0.15) is 0 Å². The van der Waals surface area contributed by atoms with Crippen molar-refractivity contribution < 1.29 is 9.59 Å². The van der Waals surface area contributed by atoms with Gasteiger partial charge in [-0.3, -0.25) is 9.69 Å². The van der Waals surface area contributed by atoms with Crippen molar-refractivity contribution in [2.24, 2.45) is 5.92 Å². The van der Waals surface area contributed by atoms with Gasteiger partial charge in [0.1, 0.15) is 0 Å².